The van der Waals surface area contributed by atoms with E-state index >= 15 is 0 Å². The van der Waals surface area contributed by atoms with Crippen LogP contribution >= 0.6 is 22.9 Å². The zero-order valence-electron chi connectivity index (χ0n) is 15.9. The van der Waals surface area contributed by atoms with Gasteiger partial charge >= 0.3 is 0 Å². The van der Waals surface area contributed by atoms with Crippen LogP contribution < -0.4 is 4.74 Å². The summed E-state index contributed by atoms with van der Waals surface area (Å²) >= 11 is 7.73. The Hall–Kier alpha value is -3.02. The lowest BCUT2D eigenvalue weighted by atomic mass is 9.98. The van der Waals surface area contributed by atoms with E-state index in [-0.39, 0.29) is 6.04 Å². The average molecular weight is 433 g/mol. The molecule has 2 aliphatic heterocycles. The Bertz CT molecular complexity index is 1230. The van der Waals surface area contributed by atoms with Crippen molar-refractivity contribution in [1.82, 2.24) is 5.01 Å². The van der Waals surface area contributed by atoms with Crippen LogP contribution in [0.2, 0.25) is 5.02 Å². The van der Waals surface area contributed by atoms with E-state index in [4.69, 9.17) is 25.9 Å². The molecule has 2 aromatic heterocycles. The van der Waals surface area contributed by atoms with Gasteiger partial charge in [0, 0.05) is 22.6 Å². The smallest absolute Gasteiger partial charge is 0.246 e. The highest BCUT2D eigenvalue weighted by Crippen LogP contribution is 2.48. The highest BCUT2D eigenvalue weighted by molar-refractivity contribution is 7.12. The van der Waals surface area contributed by atoms with Gasteiger partial charge in [-0.05, 0) is 53.9 Å². The van der Waals surface area contributed by atoms with Gasteiger partial charge < -0.3 is 9.15 Å². The molecule has 2 aliphatic rings. The van der Waals surface area contributed by atoms with Gasteiger partial charge in [0.2, 0.25) is 6.23 Å². The van der Waals surface area contributed by atoms with Crippen LogP contribution in [0.15, 0.2) is 87.7 Å². The average Bonchev–Trinajstić information content (AvgIpc) is 3.54. The molecule has 4 nitrogen and oxygen atoms in total. The van der Waals surface area contributed by atoms with E-state index in [1.807, 2.05) is 53.5 Å². The molecule has 2 atom stereocenters. The summed E-state index contributed by atoms with van der Waals surface area (Å²) < 4.78 is 12.6. The Kier molecular flexibility index (Phi) is 4.18. The van der Waals surface area contributed by atoms with Gasteiger partial charge in [0.05, 0.1) is 16.6 Å². The molecule has 4 aromatic rings. The molecule has 6 heteroatoms. The van der Waals surface area contributed by atoms with Crippen molar-refractivity contribution in [2.45, 2.75) is 18.7 Å². The van der Waals surface area contributed by atoms with E-state index in [0.29, 0.717) is 5.02 Å². The van der Waals surface area contributed by atoms with Crippen LogP contribution in [0, 0.1) is 0 Å². The third kappa shape index (κ3) is 2.93. The molecule has 4 heterocycles. The first-order valence-electron chi connectivity index (χ1n) is 9.77. The molecular weight excluding hydrogens is 416 g/mol. The number of rotatable bonds is 3. The zero-order valence-corrected chi connectivity index (χ0v) is 17.4. The van der Waals surface area contributed by atoms with Crippen molar-refractivity contribution >= 4 is 28.6 Å². The lowest BCUT2D eigenvalue weighted by Crippen LogP contribution is -2.33. The van der Waals surface area contributed by atoms with Crippen molar-refractivity contribution in [3.8, 4) is 17.1 Å². The topological polar surface area (TPSA) is 38.0 Å². The number of furan rings is 1. The second-order valence-electron chi connectivity index (χ2n) is 7.34. The maximum Gasteiger partial charge on any atom is 0.246 e. The summed E-state index contributed by atoms with van der Waals surface area (Å²) in [5, 5.41) is 9.79. The van der Waals surface area contributed by atoms with E-state index in [1.54, 1.807) is 11.3 Å². The first-order valence-corrected chi connectivity index (χ1v) is 11.0. The predicted octanol–water partition coefficient (Wildman–Crippen LogP) is 6.90. The Morgan fingerprint density at radius 3 is 2.67 bits per heavy atom. The van der Waals surface area contributed by atoms with Crippen molar-refractivity contribution < 1.29 is 9.15 Å². The second kappa shape index (κ2) is 7.04. The maximum atomic E-state index is 6.37. The molecular formula is C24H17ClN2O2S. The summed E-state index contributed by atoms with van der Waals surface area (Å²) in [4.78, 5) is 1.20. The number of benzene rings is 2. The van der Waals surface area contributed by atoms with Gasteiger partial charge in [-0.25, -0.2) is 5.01 Å². The highest BCUT2D eigenvalue weighted by atomic mass is 35.5. The molecule has 0 bridgehead atoms. The SMILES string of the molecule is Clc1ccc(-c2ccc([C@H]3Oc4ccccc4[C@@H]4CC(c5cccs5)=NN34)o2)cc1. The van der Waals surface area contributed by atoms with Crippen molar-refractivity contribution in [2.75, 3.05) is 0 Å². The molecule has 0 aliphatic carbocycles. The minimum Gasteiger partial charge on any atom is -0.461 e. The van der Waals surface area contributed by atoms with Crippen LogP contribution in [0.3, 0.4) is 0 Å². The molecule has 0 saturated carbocycles. The number of hydrazone groups is 1. The summed E-state index contributed by atoms with van der Waals surface area (Å²) in [6, 6.07) is 24.1. The van der Waals surface area contributed by atoms with Crippen LogP contribution in [0.1, 0.15) is 34.9 Å². The minimum absolute atomic E-state index is 0.126. The highest BCUT2D eigenvalue weighted by Gasteiger charge is 2.42. The molecule has 0 radical (unpaired) electrons. The van der Waals surface area contributed by atoms with Crippen molar-refractivity contribution in [1.29, 1.82) is 0 Å². The van der Waals surface area contributed by atoms with Crippen LogP contribution in [0.25, 0.3) is 11.3 Å². The number of para-hydroxylation sites is 1. The fourth-order valence-electron chi connectivity index (χ4n) is 4.07. The summed E-state index contributed by atoms with van der Waals surface area (Å²) in [6.45, 7) is 0. The van der Waals surface area contributed by atoms with Gasteiger partial charge in [0.15, 0.2) is 5.76 Å². The molecule has 0 spiro atoms. The number of hydrogen-bond acceptors (Lipinski definition) is 5. The van der Waals surface area contributed by atoms with Crippen LogP contribution in [0.4, 0.5) is 0 Å². The molecule has 148 valence electrons. The number of fused-ring (bicyclic) bond motifs is 3. The van der Waals surface area contributed by atoms with Gasteiger partial charge in [0.25, 0.3) is 0 Å². The normalized spacial score (nSPS) is 19.8. The van der Waals surface area contributed by atoms with E-state index in [0.717, 1.165) is 40.5 Å². The standard InChI is InChI=1S/C24H17ClN2O2S/c25-16-9-7-15(8-10-16)20-11-12-22(28-20)24-27-19(17-4-1-2-5-21(17)29-24)14-18(26-27)23-6-3-13-30-23/h1-13,19,24H,14H2/t19-,24+/m0/s1. The van der Waals surface area contributed by atoms with Crippen molar-refractivity contribution in [2.24, 2.45) is 5.10 Å². The molecule has 6 rings (SSSR count). The predicted molar refractivity (Wildman–Crippen MR) is 119 cm³/mol. The fraction of sp³-hybridized carbons (Fsp3) is 0.125. The maximum absolute atomic E-state index is 6.37. The summed E-state index contributed by atoms with van der Waals surface area (Å²) in [5.41, 5.74) is 3.22. The lowest BCUT2D eigenvalue weighted by Gasteiger charge is -2.36. The van der Waals surface area contributed by atoms with E-state index in [9.17, 15) is 0 Å². The lowest BCUT2D eigenvalue weighted by molar-refractivity contribution is -0.0321. The van der Waals surface area contributed by atoms with Gasteiger partial charge in [-0.1, -0.05) is 35.9 Å². The summed E-state index contributed by atoms with van der Waals surface area (Å²) in [7, 11) is 0. The second-order valence-corrected chi connectivity index (χ2v) is 8.73. The Morgan fingerprint density at radius 2 is 1.83 bits per heavy atom. The molecule has 0 unspecified atom stereocenters. The largest absolute Gasteiger partial charge is 0.461 e. The number of ether oxygens (including phenoxy) is 1. The van der Waals surface area contributed by atoms with Gasteiger partial charge in [-0.3, -0.25) is 0 Å². The molecule has 2 aromatic carbocycles. The van der Waals surface area contributed by atoms with E-state index in [2.05, 4.69) is 29.6 Å². The number of thiophene rings is 1. The van der Waals surface area contributed by atoms with E-state index in [1.165, 1.54) is 4.88 Å². The number of halogens is 1. The molecule has 0 fully saturated rings. The third-order valence-electron chi connectivity index (χ3n) is 5.50. The third-order valence-corrected chi connectivity index (χ3v) is 6.67. The van der Waals surface area contributed by atoms with Gasteiger partial charge in [0.1, 0.15) is 11.5 Å². The minimum atomic E-state index is -0.414. The first-order chi connectivity index (χ1) is 14.8. The van der Waals surface area contributed by atoms with Gasteiger partial charge in [-0.2, -0.15) is 5.10 Å². The Labute approximate surface area is 183 Å². The number of hydrogen-bond donors (Lipinski definition) is 0. The summed E-state index contributed by atoms with van der Waals surface area (Å²) in [5.74, 6) is 2.40. The van der Waals surface area contributed by atoms with Crippen molar-refractivity contribution in [3.05, 3.63) is 99.4 Å². The first kappa shape index (κ1) is 17.8. The Balaban J connectivity index is 1.40. The van der Waals surface area contributed by atoms with Crippen LogP contribution in [-0.2, 0) is 0 Å². The molecule has 0 amide bonds. The molecule has 0 N–H and O–H groups in total. The van der Waals surface area contributed by atoms with Crippen molar-refractivity contribution in [3.63, 3.8) is 0 Å². The quantitative estimate of drug-likeness (QED) is 0.353. The zero-order chi connectivity index (χ0) is 20.1. The Morgan fingerprint density at radius 1 is 0.967 bits per heavy atom. The molecule has 30 heavy (non-hydrogen) atoms. The fourth-order valence-corrected chi connectivity index (χ4v) is 4.92. The number of nitrogens with zero attached hydrogens (tertiary/aromatic N) is 2. The van der Waals surface area contributed by atoms with Crippen LogP contribution in [-0.4, -0.2) is 10.7 Å². The monoisotopic (exact) mass is 432 g/mol. The molecule has 0 saturated heterocycles. The van der Waals surface area contributed by atoms with Crippen LogP contribution in [0.5, 0.6) is 5.75 Å². The van der Waals surface area contributed by atoms with Gasteiger partial charge in [-0.15, -0.1) is 11.3 Å². The van der Waals surface area contributed by atoms with E-state index < -0.39 is 6.23 Å². The summed E-state index contributed by atoms with van der Waals surface area (Å²) in [6.07, 6.45) is 0.436.